The maximum absolute atomic E-state index is 12.6. The lowest BCUT2D eigenvalue weighted by Crippen LogP contribution is -2.46. The Hall–Kier alpha value is -1.59. The Balaban J connectivity index is 2.44. The predicted octanol–water partition coefficient (Wildman–Crippen LogP) is 4.93. The Morgan fingerprint density at radius 3 is 2.20 bits per heavy atom. The van der Waals surface area contributed by atoms with E-state index in [1.807, 2.05) is 20.8 Å². The molecule has 174 valence electrons. The minimum Gasteiger partial charge on any atom is -0.461 e. The molecule has 6 heteroatoms. The van der Waals surface area contributed by atoms with E-state index in [0.29, 0.717) is 19.3 Å². The topological polar surface area (TPSA) is 81.7 Å². The van der Waals surface area contributed by atoms with Gasteiger partial charge in [0.2, 0.25) is 6.41 Å². The fraction of sp³-hybridized carbons (Fsp3) is 0.875. The van der Waals surface area contributed by atoms with E-state index in [1.54, 1.807) is 0 Å². The van der Waals surface area contributed by atoms with Crippen LogP contribution in [0.1, 0.15) is 105 Å². The molecule has 0 spiro atoms. The average molecular weight is 426 g/mol. The van der Waals surface area contributed by atoms with Crippen molar-refractivity contribution in [3.63, 3.8) is 0 Å². The lowest BCUT2D eigenvalue weighted by atomic mass is 9.92. The summed E-state index contributed by atoms with van der Waals surface area (Å²) < 4.78 is 11.0. The average Bonchev–Trinajstić information content (AvgIpc) is 2.71. The molecule has 0 bridgehead atoms. The number of hydrogen-bond acceptors (Lipinski definition) is 5. The fourth-order valence-electron chi connectivity index (χ4n) is 3.89. The van der Waals surface area contributed by atoms with Crippen molar-refractivity contribution < 1.29 is 23.9 Å². The molecule has 0 aliphatic carbocycles. The maximum Gasteiger partial charge on any atom is 0.328 e. The van der Waals surface area contributed by atoms with Gasteiger partial charge >= 0.3 is 11.9 Å². The van der Waals surface area contributed by atoms with Gasteiger partial charge in [0.25, 0.3) is 0 Å². The minimum absolute atomic E-state index is 0.145. The molecule has 1 saturated heterocycles. The van der Waals surface area contributed by atoms with Gasteiger partial charge in [-0.05, 0) is 32.1 Å². The first kappa shape index (κ1) is 26.4. The summed E-state index contributed by atoms with van der Waals surface area (Å²) >= 11 is 0. The van der Waals surface area contributed by atoms with Crippen LogP contribution in [0.2, 0.25) is 0 Å². The summed E-state index contributed by atoms with van der Waals surface area (Å²) in [6, 6.07) is -0.630. The van der Waals surface area contributed by atoms with Crippen LogP contribution >= 0.6 is 0 Å². The quantitative estimate of drug-likeness (QED) is 0.191. The molecule has 30 heavy (non-hydrogen) atoms. The van der Waals surface area contributed by atoms with E-state index in [9.17, 15) is 14.4 Å². The maximum atomic E-state index is 12.6. The number of esters is 2. The lowest BCUT2D eigenvalue weighted by molar-refractivity contribution is -0.187. The molecule has 0 saturated carbocycles. The van der Waals surface area contributed by atoms with Gasteiger partial charge in [-0.25, -0.2) is 4.79 Å². The zero-order valence-electron chi connectivity index (χ0n) is 19.5. The van der Waals surface area contributed by atoms with Crippen LogP contribution in [0.3, 0.4) is 0 Å². The van der Waals surface area contributed by atoms with Crippen molar-refractivity contribution >= 4 is 18.3 Å². The Morgan fingerprint density at radius 2 is 1.70 bits per heavy atom. The highest BCUT2D eigenvalue weighted by Crippen LogP contribution is 2.28. The summed E-state index contributed by atoms with van der Waals surface area (Å²) in [6.07, 6.45) is 13.0. The monoisotopic (exact) mass is 425 g/mol. The number of amides is 1. The molecule has 6 nitrogen and oxygen atoms in total. The van der Waals surface area contributed by atoms with Crippen molar-refractivity contribution in [1.29, 1.82) is 0 Å². The van der Waals surface area contributed by atoms with E-state index in [2.05, 4.69) is 12.2 Å². The van der Waals surface area contributed by atoms with E-state index in [-0.39, 0.29) is 30.0 Å². The SMILES string of the molecule is CCCCCCCCCCCC(C[C@@H]1OC(=O)C1C)OC(=O)[C@H](CC(C)C)NC=O. The molecule has 1 aliphatic heterocycles. The van der Waals surface area contributed by atoms with Gasteiger partial charge < -0.3 is 14.8 Å². The van der Waals surface area contributed by atoms with E-state index in [1.165, 1.54) is 44.9 Å². The van der Waals surface area contributed by atoms with Gasteiger partial charge in [-0.15, -0.1) is 0 Å². The number of carbonyl (C=O) groups is 3. The van der Waals surface area contributed by atoms with Crippen molar-refractivity contribution in [3.8, 4) is 0 Å². The third-order valence-electron chi connectivity index (χ3n) is 5.87. The minimum atomic E-state index is -0.630. The molecular weight excluding hydrogens is 382 g/mol. The fourth-order valence-corrected chi connectivity index (χ4v) is 3.89. The first-order valence-electron chi connectivity index (χ1n) is 12.0. The van der Waals surface area contributed by atoms with Gasteiger partial charge in [0.05, 0.1) is 5.92 Å². The first-order valence-corrected chi connectivity index (χ1v) is 12.0. The van der Waals surface area contributed by atoms with Gasteiger partial charge in [-0.3, -0.25) is 9.59 Å². The van der Waals surface area contributed by atoms with Gasteiger partial charge in [-0.2, -0.15) is 0 Å². The second-order valence-electron chi connectivity index (χ2n) is 9.14. The van der Waals surface area contributed by atoms with E-state index < -0.39 is 12.0 Å². The lowest BCUT2D eigenvalue weighted by Gasteiger charge is -2.35. The molecule has 1 heterocycles. The molecule has 0 aromatic carbocycles. The van der Waals surface area contributed by atoms with Gasteiger partial charge in [0, 0.05) is 6.42 Å². The second-order valence-corrected chi connectivity index (χ2v) is 9.14. The van der Waals surface area contributed by atoms with Crippen molar-refractivity contribution in [2.75, 3.05) is 0 Å². The number of hydrogen-bond donors (Lipinski definition) is 1. The van der Waals surface area contributed by atoms with Gasteiger partial charge in [0.1, 0.15) is 18.2 Å². The highest BCUT2D eigenvalue weighted by molar-refractivity contribution is 5.79. The number of unbranched alkanes of at least 4 members (excludes halogenated alkanes) is 8. The van der Waals surface area contributed by atoms with Crippen LogP contribution in [0.5, 0.6) is 0 Å². The standard InChI is InChI=1S/C24H43NO5/c1-5-6-7-8-9-10-11-12-13-14-20(16-22-19(4)23(27)30-22)29-24(28)21(25-17-26)15-18(2)3/h17-22H,5-16H2,1-4H3,(H,25,26)/t19?,20?,21-,22-/m0/s1. The smallest absolute Gasteiger partial charge is 0.328 e. The third kappa shape index (κ3) is 10.4. The largest absolute Gasteiger partial charge is 0.461 e. The predicted molar refractivity (Wildman–Crippen MR) is 118 cm³/mol. The molecule has 1 N–H and O–H groups in total. The Morgan fingerprint density at radius 1 is 1.10 bits per heavy atom. The molecule has 0 aromatic heterocycles. The molecule has 1 rings (SSSR count). The molecule has 0 radical (unpaired) electrons. The van der Waals surface area contributed by atoms with Crippen molar-refractivity contribution in [3.05, 3.63) is 0 Å². The van der Waals surface area contributed by atoms with E-state index >= 15 is 0 Å². The summed E-state index contributed by atoms with van der Waals surface area (Å²) in [5, 5.41) is 2.58. The zero-order chi connectivity index (χ0) is 22.4. The van der Waals surface area contributed by atoms with E-state index in [0.717, 1.165) is 19.3 Å². The van der Waals surface area contributed by atoms with Crippen LogP contribution in [0.25, 0.3) is 0 Å². The van der Waals surface area contributed by atoms with Crippen molar-refractivity contribution in [2.24, 2.45) is 11.8 Å². The Labute approximate surface area is 182 Å². The van der Waals surface area contributed by atoms with Gasteiger partial charge in [0.15, 0.2) is 0 Å². The molecule has 0 aromatic rings. The summed E-state index contributed by atoms with van der Waals surface area (Å²) in [6.45, 7) is 8.09. The van der Waals surface area contributed by atoms with Crippen LogP contribution in [0.15, 0.2) is 0 Å². The number of rotatable bonds is 18. The number of nitrogens with one attached hydrogen (secondary N) is 1. The Bertz CT molecular complexity index is 508. The van der Waals surface area contributed by atoms with Crippen LogP contribution in [0.4, 0.5) is 0 Å². The highest BCUT2D eigenvalue weighted by atomic mass is 16.6. The van der Waals surface area contributed by atoms with Gasteiger partial charge in [-0.1, -0.05) is 72.1 Å². The molecule has 2 unspecified atom stereocenters. The third-order valence-corrected chi connectivity index (χ3v) is 5.87. The molecule has 1 amide bonds. The second kappa shape index (κ2) is 15.2. The number of ether oxygens (including phenoxy) is 2. The van der Waals surface area contributed by atoms with Crippen molar-refractivity contribution in [2.45, 2.75) is 123 Å². The van der Waals surface area contributed by atoms with Crippen LogP contribution < -0.4 is 5.32 Å². The number of cyclic esters (lactones) is 1. The highest BCUT2D eigenvalue weighted by Gasteiger charge is 2.40. The summed E-state index contributed by atoms with van der Waals surface area (Å²) in [4.78, 5) is 34.9. The summed E-state index contributed by atoms with van der Waals surface area (Å²) in [7, 11) is 0. The molecule has 4 atom stereocenters. The molecular formula is C24H43NO5. The van der Waals surface area contributed by atoms with Crippen LogP contribution in [-0.4, -0.2) is 36.6 Å². The van der Waals surface area contributed by atoms with Crippen LogP contribution in [-0.2, 0) is 23.9 Å². The normalized spacial score (nSPS) is 20.2. The van der Waals surface area contributed by atoms with E-state index in [4.69, 9.17) is 9.47 Å². The Kier molecular flexibility index (Phi) is 13.4. The number of carbonyl (C=O) groups excluding carboxylic acids is 3. The summed E-state index contributed by atoms with van der Waals surface area (Å²) in [5.41, 5.74) is 0. The van der Waals surface area contributed by atoms with Crippen LogP contribution in [0, 0.1) is 11.8 Å². The first-order chi connectivity index (χ1) is 14.4. The van der Waals surface area contributed by atoms with Crippen molar-refractivity contribution in [1.82, 2.24) is 5.32 Å². The summed E-state index contributed by atoms with van der Waals surface area (Å²) in [5.74, 6) is -0.462. The zero-order valence-corrected chi connectivity index (χ0v) is 19.5. The molecule has 1 fully saturated rings. The molecule has 1 aliphatic rings.